The molecule has 0 fully saturated rings. The largest absolute Gasteiger partial charge is 0.347 e. The van der Waals surface area contributed by atoms with E-state index in [9.17, 15) is 4.79 Å². The molecule has 1 amide bonds. The summed E-state index contributed by atoms with van der Waals surface area (Å²) >= 11 is 0. The van der Waals surface area contributed by atoms with E-state index < -0.39 is 0 Å². The number of hydrogen-bond donors (Lipinski definition) is 1. The fraction of sp³-hybridized carbons (Fsp3) is 0.471. The van der Waals surface area contributed by atoms with Gasteiger partial charge in [-0.3, -0.25) is 4.79 Å². The van der Waals surface area contributed by atoms with Crippen molar-refractivity contribution in [3.63, 3.8) is 0 Å². The molecular formula is C17H24N4O. The summed E-state index contributed by atoms with van der Waals surface area (Å²) in [6, 6.07) is 4.07. The molecule has 1 aromatic carbocycles. The molecule has 22 heavy (non-hydrogen) atoms. The van der Waals surface area contributed by atoms with Gasteiger partial charge in [-0.2, -0.15) is 15.0 Å². The van der Waals surface area contributed by atoms with Crippen molar-refractivity contribution < 1.29 is 4.79 Å². The molecule has 1 N–H and O–H groups in total. The molecule has 5 heteroatoms. The molecule has 5 nitrogen and oxygen atoms in total. The van der Waals surface area contributed by atoms with Gasteiger partial charge in [0.1, 0.15) is 0 Å². The molecule has 0 spiro atoms. The van der Waals surface area contributed by atoms with Gasteiger partial charge >= 0.3 is 0 Å². The minimum Gasteiger partial charge on any atom is -0.347 e. The summed E-state index contributed by atoms with van der Waals surface area (Å²) in [5.41, 5.74) is 3.96. The Morgan fingerprint density at radius 2 is 1.68 bits per heavy atom. The van der Waals surface area contributed by atoms with Crippen LogP contribution in [0, 0.1) is 26.7 Å². The van der Waals surface area contributed by atoms with Crippen molar-refractivity contribution in [2.75, 3.05) is 0 Å². The highest BCUT2D eigenvalue weighted by Gasteiger charge is 2.20. The van der Waals surface area contributed by atoms with Gasteiger partial charge in [-0.25, -0.2) is 0 Å². The standard InChI is InChI=1S/C17H24N4O/c1-11(2)15(10-21-18-6-7-19-21)20-17(22)16-13(4)8-12(3)9-14(16)5/h6-9,11,15H,10H2,1-5H3,(H,20,22). The number of carbonyl (C=O) groups is 1. The lowest BCUT2D eigenvalue weighted by Crippen LogP contribution is -2.42. The van der Waals surface area contributed by atoms with Crippen molar-refractivity contribution in [2.24, 2.45) is 5.92 Å². The van der Waals surface area contributed by atoms with Gasteiger partial charge < -0.3 is 5.32 Å². The number of nitrogens with zero attached hydrogens (tertiary/aromatic N) is 3. The average Bonchev–Trinajstić information content (AvgIpc) is 2.89. The Kier molecular flexibility index (Phi) is 4.96. The Bertz CT molecular complexity index is 624. The van der Waals surface area contributed by atoms with Crippen molar-refractivity contribution in [1.29, 1.82) is 0 Å². The van der Waals surface area contributed by atoms with Crippen LogP contribution in [0.5, 0.6) is 0 Å². The predicted octanol–water partition coefficient (Wildman–Crippen LogP) is 2.66. The SMILES string of the molecule is Cc1cc(C)c(C(=O)NC(Cn2nccn2)C(C)C)c(C)c1. The first-order chi connectivity index (χ1) is 10.4. The summed E-state index contributed by atoms with van der Waals surface area (Å²) in [5.74, 6) is 0.266. The van der Waals surface area contributed by atoms with Crippen molar-refractivity contribution in [1.82, 2.24) is 20.3 Å². The third-order valence-corrected chi connectivity index (χ3v) is 3.85. The average molecular weight is 300 g/mol. The van der Waals surface area contributed by atoms with Gasteiger partial charge in [-0.15, -0.1) is 0 Å². The lowest BCUT2D eigenvalue weighted by atomic mass is 9.98. The van der Waals surface area contributed by atoms with Crippen LogP contribution in [0.4, 0.5) is 0 Å². The minimum atomic E-state index is -0.0270. The number of aromatic nitrogens is 3. The predicted molar refractivity (Wildman–Crippen MR) is 86.8 cm³/mol. The van der Waals surface area contributed by atoms with Crippen LogP contribution in [0.15, 0.2) is 24.5 Å². The molecule has 118 valence electrons. The number of benzene rings is 1. The van der Waals surface area contributed by atoms with E-state index >= 15 is 0 Å². The topological polar surface area (TPSA) is 59.8 Å². The Balaban J connectivity index is 2.18. The molecule has 0 saturated carbocycles. The fourth-order valence-electron chi connectivity index (χ4n) is 2.72. The molecule has 0 aliphatic carbocycles. The Hall–Kier alpha value is -2.17. The van der Waals surface area contributed by atoms with Crippen molar-refractivity contribution in [3.05, 3.63) is 46.8 Å². The second-order valence-electron chi connectivity index (χ2n) is 6.18. The molecule has 2 rings (SSSR count). The van der Waals surface area contributed by atoms with E-state index in [1.54, 1.807) is 17.2 Å². The van der Waals surface area contributed by atoms with E-state index in [4.69, 9.17) is 0 Å². The van der Waals surface area contributed by atoms with Crippen molar-refractivity contribution >= 4 is 5.91 Å². The Morgan fingerprint density at radius 3 is 2.18 bits per heavy atom. The van der Waals surface area contributed by atoms with Crippen LogP contribution in [0.3, 0.4) is 0 Å². The molecule has 1 atom stereocenters. The highest BCUT2D eigenvalue weighted by molar-refractivity contribution is 5.97. The smallest absolute Gasteiger partial charge is 0.252 e. The monoisotopic (exact) mass is 300 g/mol. The number of nitrogens with one attached hydrogen (secondary N) is 1. The molecule has 1 aromatic heterocycles. The normalized spacial score (nSPS) is 12.5. The first-order valence-electron chi connectivity index (χ1n) is 7.61. The summed E-state index contributed by atoms with van der Waals surface area (Å²) in [5, 5.41) is 11.4. The molecule has 0 aliphatic rings. The summed E-state index contributed by atoms with van der Waals surface area (Å²) in [6.45, 7) is 10.7. The van der Waals surface area contributed by atoms with E-state index in [-0.39, 0.29) is 11.9 Å². The van der Waals surface area contributed by atoms with Gasteiger partial charge in [0.05, 0.1) is 25.0 Å². The fourth-order valence-corrected chi connectivity index (χ4v) is 2.72. The number of aryl methyl sites for hydroxylation is 3. The lowest BCUT2D eigenvalue weighted by Gasteiger charge is -2.23. The van der Waals surface area contributed by atoms with Gasteiger partial charge in [0.15, 0.2) is 0 Å². The Morgan fingerprint density at radius 1 is 1.14 bits per heavy atom. The Labute approximate surface area is 131 Å². The van der Waals surface area contributed by atoms with Crippen LogP contribution in [-0.2, 0) is 6.54 Å². The van der Waals surface area contributed by atoms with Gasteiger partial charge in [-0.05, 0) is 37.8 Å². The highest BCUT2D eigenvalue weighted by atomic mass is 16.1. The molecule has 0 bridgehead atoms. The summed E-state index contributed by atoms with van der Waals surface area (Å²) in [6.07, 6.45) is 3.29. The third-order valence-electron chi connectivity index (χ3n) is 3.85. The third kappa shape index (κ3) is 3.72. The molecule has 0 radical (unpaired) electrons. The number of hydrogen-bond acceptors (Lipinski definition) is 3. The maximum atomic E-state index is 12.7. The van der Waals surface area contributed by atoms with Crippen LogP contribution >= 0.6 is 0 Å². The van der Waals surface area contributed by atoms with Gasteiger partial charge in [0, 0.05) is 5.56 Å². The van der Waals surface area contributed by atoms with Gasteiger partial charge in [-0.1, -0.05) is 31.5 Å². The van der Waals surface area contributed by atoms with Gasteiger partial charge in [0.2, 0.25) is 0 Å². The first-order valence-corrected chi connectivity index (χ1v) is 7.61. The van der Waals surface area contributed by atoms with Crippen LogP contribution in [-0.4, -0.2) is 26.9 Å². The highest BCUT2D eigenvalue weighted by Crippen LogP contribution is 2.17. The van der Waals surface area contributed by atoms with Crippen LogP contribution in [0.2, 0.25) is 0 Å². The molecule has 2 aromatic rings. The van der Waals surface area contributed by atoms with Crippen LogP contribution in [0.25, 0.3) is 0 Å². The molecule has 0 aliphatic heterocycles. The van der Waals surface area contributed by atoms with Crippen molar-refractivity contribution in [3.8, 4) is 0 Å². The van der Waals surface area contributed by atoms with E-state index in [1.807, 2.05) is 32.9 Å². The molecule has 1 heterocycles. The zero-order chi connectivity index (χ0) is 16.3. The molecular weight excluding hydrogens is 276 g/mol. The summed E-state index contributed by atoms with van der Waals surface area (Å²) < 4.78 is 0. The maximum Gasteiger partial charge on any atom is 0.252 e. The quantitative estimate of drug-likeness (QED) is 0.923. The number of carbonyl (C=O) groups excluding carboxylic acids is 1. The second kappa shape index (κ2) is 6.73. The first kappa shape index (κ1) is 16.2. The summed E-state index contributed by atoms with van der Waals surface area (Å²) in [4.78, 5) is 14.3. The zero-order valence-corrected chi connectivity index (χ0v) is 13.9. The molecule has 1 unspecified atom stereocenters. The van der Waals surface area contributed by atoms with Crippen LogP contribution in [0.1, 0.15) is 40.9 Å². The summed E-state index contributed by atoms with van der Waals surface area (Å²) in [7, 11) is 0. The number of rotatable bonds is 5. The van der Waals surface area contributed by atoms with Crippen LogP contribution < -0.4 is 5.32 Å². The van der Waals surface area contributed by atoms with E-state index in [1.165, 1.54) is 5.56 Å². The zero-order valence-electron chi connectivity index (χ0n) is 13.9. The van der Waals surface area contributed by atoms with E-state index in [2.05, 4.69) is 29.4 Å². The minimum absolute atomic E-state index is 0.0139. The van der Waals surface area contributed by atoms with Crippen molar-refractivity contribution in [2.45, 2.75) is 47.2 Å². The molecule has 0 saturated heterocycles. The van der Waals surface area contributed by atoms with E-state index in [0.29, 0.717) is 12.5 Å². The lowest BCUT2D eigenvalue weighted by molar-refractivity contribution is 0.0916. The van der Waals surface area contributed by atoms with Gasteiger partial charge in [0.25, 0.3) is 5.91 Å². The number of amides is 1. The second-order valence-corrected chi connectivity index (χ2v) is 6.18. The van der Waals surface area contributed by atoms with E-state index in [0.717, 1.165) is 16.7 Å². The maximum absolute atomic E-state index is 12.7.